The number of nitrogens with one attached hydrogen (secondary N) is 1. The van der Waals surface area contributed by atoms with Gasteiger partial charge in [-0.2, -0.15) is 5.48 Å². The minimum Gasteiger partial charge on any atom is -0.305 e. The lowest BCUT2D eigenvalue weighted by Gasteiger charge is -2.34. The Labute approximate surface area is 83.4 Å². The molecule has 6 nitrogen and oxygen atoms in total. The normalized spacial score (nSPS) is 27.3. The van der Waals surface area contributed by atoms with Crippen LogP contribution in [0.15, 0.2) is 5.29 Å². The summed E-state index contributed by atoms with van der Waals surface area (Å²) in [5.41, 5.74) is 2.86. The predicted octanol–water partition coefficient (Wildman–Crippen LogP) is 0.993. The fourth-order valence-corrected chi connectivity index (χ4v) is 1.89. The Morgan fingerprint density at radius 1 is 1.36 bits per heavy atom. The lowest BCUT2D eigenvalue weighted by molar-refractivity contribution is -0.184. The van der Waals surface area contributed by atoms with Crippen molar-refractivity contribution in [1.82, 2.24) is 10.7 Å². The Morgan fingerprint density at radius 3 is 2.64 bits per heavy atom. The van der Waals surface area contributed by atoms with Gasteiger partial charge in [0, 0.05) is 0 Å². The van der Waals surface area contributed by atoms with Crippen LogP contribution in [0.2, 0.25) is 0 Å². The molecule has 1 N–H and O–H groups in total. The van der Waals surface area contributed by atoms with E-state index in [-0.39, 0.29) is 12.1 Å². The molecule has 0 amide bonds. The van der Waals surface area contributed by atoms with Crippen molar-refractivity contribution in [1.29, 1.82) is 0 Å². The number of nitroso groups, excluding NO2 is 1. The molecule has 0 unspecified atom stereocenters. The van der Waals surface area contributed by atoms with E-state index in [0.717, 1.165) is 30.9 Å². The number of nitrogens with zero attached hydrogens (tertiary/aromatic N) is 2. The minimum absolute atomic E-state index is 0.0359. The third-order valence-corrected chi connectivity index (χ3v) is 2.55. The van der Waals surface area contributed by atoms with Gasteiger partial charge in [0.25, 0.3) is 0 Å². The van der Waals surface area contributed by atoms with Crippen LogP contribution in [0.1, 0.15) is 25.7 Å². The van der Waals surface area contributed by atoms with Crippen LogP contribution in [0.3, 0.4) is 0 Å². The van der Waals surface area contributed by atoms with Crippen molar-refractivity contribution in [2.24, 2.45) is 5.29 Å². The van der Waals surface area contributed by atoms with Gasteiger partial charge >= 0.3 is 0 Å². The summed E-state index contributed by atoms with van der Waals surface area (Å²) in [5, 5.41) is 3.94. The quantitative estimate of drug-likeness (QED) is 0.533. The van der Waals surface area contributed by atoms with E-state index in [1.807, 2.05) is 0 Å². The van der Waals surface area contributed by atoms with Crippen LogP contribution in [0, 0.1) is 4.91 Å². The van der Waals surface area contributed by atoms with E-state index in [1.165, 1.54) is 7.11 Å². The molecule has 0 saturated heterocycles. The summed E-state index contributed by atoms with van der Waals surface area (Å²) in [4.78, 5) is 20.2. The first-order chi connectivity index (χ1) is 6.83. The topological polar surface area (TPSA) is 63.2 Å². The highest BCUT2D eigenvalue weighted by Gasteiger charge is 2.31. The van der Waals surface area contributed by atoms with Gasteiger partial charge in [-0.3, -0.25) is 4.84 Å². The summed E-state index contributed by atoms with van der Waals surface area (Å²) in [6.45, 7) is 0. The maximum Gasteiger partial charge on any atom is 0.0965 e. The van der Waals surface area contributed by atoms with Crippen molar-refractivity contribution in [3.05, 3.63) is 4.91 Å². The largest absolute Gasteiger partial charge is 0.305 e. The minimum atomic E-state index is -0.0359. The third-order valence-electron chi connectivity index (χ3n) is 2.55. The SMILES string of the molecule is CON[C@H]1CCCC[C@H]1N(N=O)OC. The van der Waals surface area contributed by atoms with Gasteiger partial charge in [0.2, 0.25) is 0 Å². The van der Waals surface area contributed by atoms with Crippen LogP contribution in [-0.4, -0.2) is 31.5 Å². The Hall–Kier alpha value is -0.720. The summed E-state index contributed by atoms with van der Waals surface area (Å²) in [7, 11) is 3.01. The average molecular weight is 203 g/mol. The Morgan fingerprint density at radius 2 is 2.07 bits per heavy atom. The maximum absolute atomic E-state index is 10.5. The molecule has 1 fully saturated rings. The molecule has 1 saturated carbocycles. The first-order valence-electron chi connectivity index (χ1n) is 4.78. The van der Waals surface area contributed by atoms with Crippen molar-refractivity contribution in [3.63, 3.8) is 0 Å². The monoisotopic (exact) mass is 203 g/mol. The molecule has 6 heteroatoms. The smallest absolute Gasteiger partial charge is 0.0965 e. The number of hydrogen-bond acceptors (Lipinski definition) is 5. The second kappa shape index (κ2) is 5.90. The zero-order chi connectivity index (χ0) is 10.4. The van der Waals surface area contributed by atoms with Crippen molar-refractivity contribution in [2.45, 2.75) is 37.8 Å². The van der Waals surface area contributed by atoms with Crippen molar-refractivity contribution in [2.75, 3.05) is 14.2 Å². The van der Waals surface area contributed by atoms with E-state index in [2.05, 4.69) is 10.8 Å². The summed E-state index contributed by atoms with van der Waals surface area (Å²) in [6.07, 6.45) is 4.07. The van der Waals surface area contributed by atoms with E-state index in [0.29, 0.717) is 0 Å². The number of rotatable bonds is 5. The van der Waals surface area contributed by atoms with Gasteiger partial charge in [0.15, 0.2) is 0 Å². The number of hydroxylamine groups is 2. The Kier molecular flexibility index (Phi) is 4.78. The van der Waals surface area contributed by atoms with Crippen molar-refractivity contribution < 1.29 is 9.68 Å². The lowest BCUT2D eigenvalue weighted by atomic mass is 9.91. The van der Waals surface area contributed by atoms with E-state index in [1.54, 1.807) is 7.11 Å². The number of hydrogen-bond donors (Lipinski definition) is 1. The van der Waals surface area contributed by atoms with Crippen LogP contribution in [-0.2, 0) is 9.68 Å². The summed E-state index contributed by atoms with van der Waals surface area (Å²) >= 11 is 0. The third kappa shape index (κ3) is 2.63. The molecule has 0 spiro atoms. The van der Waals surface area contributed by atoms with E-state index in [4.69, 9.17) is 9.68 Å². The second-order valence-corrected chi connectivity index (χ2v) is 3.35. The van der Waals surface area contributed by atoms with E-state index in [9.17, 15) is 4.91 Å². The molecule has 14 heavy (non-hydrogen) atoms. The molecular weight excluding hydrogens is 186 g/mol. The Balaban J connectivity index is 2.55. The molecule has 1 aliphatic carbocycles. The molecule has 0 radical (unpaired) electrons. The maximum atomic E-state index is 10.5. The molecule has 82 valence electrons. The predicted molar refractivity (Wildman–Crippen MR) is 50.8 cm³/mol. The van der Waals surface area contributed by atoms with Crippen LogP contribution >= 0.6 is 0 Å². The zero-order valence-corrected chi connectivity index (χ0v) is 8.60. The average Bonchev–Trinajstić information content (AvgIpc) is 2.23. The Bertz CT molecular complexity index is 177. The molecule has 0 bridgehead atoms. The standard InChI is InChI=1S/C8H17N3O3/c1-13-9-7-5-3-4-6-8(7)11(10-12)14-2/h7-9H,3-6H2,1-2H3/t7-,8+/m0/s1. The van der Waals surface area contributed by atoms with Gasteiger partial charge in [-0.25, -0.2) is 0 Å². The second-order valence-electron chi connectivity index (χ2n) is 3.35. The van der Waals surface area contributed by atoms with Crippen LogP contribution in [0.5, 0.6) is 0 Å². The first kappa shape index (κ1) is 11.4. The molecule has 0 aromatic heterocycles. The fraction of sp³-hybridized carbons (Fsp3) is 1.00. The van der Waals surface area contributed by atoms with Gasteiger partial charge in [-0.05, 0) is 12.8 Å². The van der Waals surface area contributed by atoms with E-state index >= 15 is 0 Å². The molecule has 0 aromatic carbocycles. The molecule has 2 atom stereocenters. The molecular formula is C8H17N3O3. The summed E-state index contributed by atoms with van der Waals surface area (Å²) < 4.78 is 0. The van der Waals surface area contributed by atoms with Gasteiger partial charge in [0.1, 0.15) is 0 Å². The highest BCUT2D eigenvalue weighted by Crippen LogP contribution is 2.23. The fourth-order valence-electron chi connectivity index (χ4n) is 1.89. The first-order valence-corrected chi connectivity index (χ1v) is 4.78. The van der Waals surface area contributed by atoms with Crippen molar-refractivity contribution >= 4 is 0 Å². The molecule has 1 rings (SSSR count). The summed E-state index contributed by atoms with van der Waals surface area (Å²) in [5.74, 6) is 0. The van der Waals surface area contributed by atoms with Crippen LogP contribution in [0.25, 0.3) is 0 Å². The van der Waals surface area contributed by atoms with E-state index < -0.39 is 0 Å². The van der Waals surface area contributed by atoms with Gasteiger partial charge in [-0.1, -0.05) is 12.8 Å². The van der Waals surface area contributed by atoms with Gasteiger partial charge < -0.3 is 4.84 Å². The van der Waals surface area contributed by atoms with Crippen LogP contribution in [0.4, 0.5) is 0 Å². The lowest BCUT2D eigenvalue weighted by Crippen LogP contribution is -2.49. The van der Waals surface area contributed by atoms with Gasteiger partial charge in [-0.15, -0.1) is 10.1 Å². The molecule has 0 aliphatic heterocycles. The van der Waals surface area contributed by atoms with Gasteiger partial charge in [0.05, 0.1) is 31.6 Å². The molecule has 0 heterocycles. The van der Waals surface area contributed by atoms with Crippen molar-refractivity contribution in [3.8, 4) is 0 Å². The highest BCUT2D eigenvalue weighted by molar-refractivity contribution is 4.82. The van der Waals surface area contributed by atoms with Crippen LogP contribution < -0.4 is 5.48 Å². The summed E-state index contributed by atoms with van der Waals surface area (Å²) in [6, 6.07) is 0.0672. The molecule has 0 aromatic rings. The molecule has 1 aliphatic rings. The highest BCUT2D eigenvalue weighted by atomic mass is 16.7. The zero-order valence-electron chi connectivity index (χ0n) is 8.60.